The molecular weight excluding hydrogens is 163 g/mol. The molecule has 57 valence electrons. The molecule has 2 heteroatoms. The molecule has 0 N–H and O–H groups in total. The quantitative estimate of drug-likeness (QED) is 0.606. The first-order valence-corrected chi connectivity index (χ1v) is 3.88. The van der Waals surface area contributed by atoms with Crippen LogP contribution in [0.15, 0.2) is 24.3 Å². The predicted octanol–water partition coefficient (Wildman–Crippen LogP) is 3.11. The summed E-state index contributed by atoms with van der Waals surface area (Å²) >= 11 is 5.65. The molecule has 1 saturated carbocycles. The number of benzene rings is 1. The standard InChI is InChI=1S/C9H7ClF/c10-8-3-1-7(2-4-8)9(11)5-6-9/h1-5H,6H2. The van der Waals surface area contributed by atoms with E-state index in [4.69, 9.17) is 11.6 Å². The summed E-state index contributed by atoms with van der Waals surface area (Å²) in [7, 11) is 0. The van der Waals surface area contributed by atoms with Gasteiger partial charge in [-0.15, -0.1) is 0 Å². The lowest BCUT2D eigenvalue weighted by Gasteiger charge is -2.03. The molecule has 11 heavy (non-hydrogen) atoms. The molecule has 0 aliphatic heterocycles. The molecule has 1 aliphatic carbocycles. The SMILES string of the molecule is FC1(c2ccc(Cl)cc2)[CH]C1. The number of rotatable bonds is 1. The predicted molar refractivity (Wildman–Crippen MR) is 43.2 cm³/mol. The average Bonchev–Trinajstić information content (AvgIpc) is 2.70. The maximum atomic E-state index is 13.3. The van der Waals surface area contributed by atoms with Crippen LogP contribution in [-0.2, 0) is 5.67 Å². The number of hydrogen-bond acceptors (Lipinski definition) is 0. The van der Waals surface area contributed by atoms with Gasteiger partial charge in [0.25, 0.3) is 0 Å². The third kappa shape index (κ3) is 1.25. The van der Waals surface area contributed by atoms with E-state index < -0.39 is 5.67 Å². The Kier molecular flexibility index (Phi) is 1.43. The Bertz CT molecular complexity index is 261. The molecule has 1 aromatic carbocycles. The summed E-state index contributed by atoms with van der Waals surface area (Å²) in [6, 6.07) is 6.88. The second-order valence-electron chi connectivity index (χ2n) is 2.78. The maximum absolute atomic E-state index is 13.3. The van der Waals surface area contributed by atoms with E-state index in [9.17, 15) is 4.39 Å². The van der Waals surface area contributed by atoms with Gasteiger partial charge in [-0.1, -0.05) is 23.7 Å². The molecule has 1 radical (unpaired) electrons. The van der Waals surface area contributed by atoms with Crippen LogP contribution in [0.3, 0.4) is 0 Å². The highest BCUT2D eigenvalue weighted by Crippen LogP contribution is 2.48. The minimum Gasteiger partial charge on any atom is -0.238 e. The topological polar surface area (TPSA) is 0 Å². The molecule has 2 rings (SSSR count). The largest absolute Gasteiger partial charge is 0.238 e. The summed E-state index contributed by atoms with van der Waals surface area (Å²) in [5.41, 5.74) is -0.438. The van der Waals surface area contributed by atoms with E-state index in [1.807, 2.05) is 0 Å². The van der Waals surface area contributed by atoms with Crippen LogP contribution in [-0.4, -0.2) is 0 Å². The lowest BCUT2D eigenvalue weighted by Crippen LogP contribution is -1.95. The fourth-order valence-electron chi connectivity index (χ4n) is 1.05. The Morgan fingerprint density at radius 2 is 1.82 bits per heavy atom. The zero-order valence-electron chi connectivity index (χ0n) is 5.85. The van der Waals surface area contributed by atoms with E-state index in [0.717, 1.165) is 0 Å². The maximum Gasteiger partial charge on any atom is 0.139 e. The van der Waals surface area contributed by atoms with E-state index in [-0.39, 0.29) is 0 Å². The number of hydrogen-bond donors (Lipinski definition) is 0. The Morgan fingerprint density at radius 1 is 1.27 bits per heavy atom. The van der Waals surface area contributed by atoms with E-state index in [1.54, 1.807) is 30.7 Å². The van der Waals surface area contributed by atoms with Crippen molar-refractivity contribution in [3.63, 3.8) is 0 Å². The summed E-state index contributed by atoms with van der Waals surface area (Å²) < 4.78 is 13.3. The normalized spacial score (nSPS) is 19.8. The van der Waals surface area contributed by atoms with Crippen molar-refractivity contribution in [3.05, 3.63) is 41.3 Å². The summed E-state index contributed by atoms with van der Waals surface area (Å²) in [4.78, 5) is 0. The Labute approximate surface area is 70.0 Å². The van der Waals surface area contributed by atoms with E-state index >= 15 is 0 Å². The fourth-order valence-corrected chi connectivity index (χ4v) is 1.18. The first-order valence-electron chi connectivity index (χ1n) is 3.50. The molecular formula is C9H7ClF. The van der Waals surface area contributed by atoms with Gasteiger partial charge in [-0.05, 0) is 24.1 Å². The molecule has 0 aromatic heterocycles. The van der Waals surface area contributed by atoms with E-state index in [1.165, 1.54) is 0 Å². The van der Waals surface area contributed by atoms with Crippen molar-refractivity contribution in [2.75, 3.05) is 0 Å². The van der Waals surface area contributed by atoms with Gasteiger partial charge in [0.2, 0.25) is 0 Å². The number of alkyl halides is 1. The van der Waals surface area contributed by atoms with Crippen molar-refractivity contribution in [1.82, 2.24) is 0 Å². The zero-order chi connectivity index (χ0) is 7.90. The van der Waals surface area contributed by atoms with Gasteiger partial charge in [-0.3, -0.25) is 0 Å². The molecule has 0 amide bonds. The Hall–Kier alpha value is -0.560. The van der Waals surface area contributed by atoms with Crippen LogP contribution in [0.1, 0.15) is 12.0 Å². The van der Waals surface area contributed by atoms with Crippen LogP contribution in [0.2, 0.25) is 5.02 Å². The molecule has 1 aliphatic rings. The van der Waals surface area contributed by atoms with Gasteiger partial charge in [0, 0.05) is 11.4 Å². The lowest BCUT2D eigenvalue weighted by atomic mass is 10.1. The second-order valence-corrected chi connectivity index (χ2v) is 3.21. The van der Waals surface area contributed by atoms with Crippen molar-refractivity contribution in [1.29, 1.82) is 0 Å². The van der Waals surface area contributed by atoms with Crippen LogP contribution in [0.25, 0.3) is 0 Å². The van der Waals surface area contributed by atoms with Gasteiger partial charge in [-0.2, -0.15) is 0 Å². The lowest BCUT2D eigenvalue weighted by molar-refractivity contribution is 0.334. The second kappa shape index (κ2) is 2.21. The van der Waals surface area contributed by atoms with Gasteiger partial charge in [0.1, 0.15) is 5.67 Å². The summed E-state index contributed by atoms with van der Waals surface area (Å²) in [6.45, 7) is 0. The summed E-state index contributed by atoms with van der Waals surface area (Å²) in [5, 5.41) is 0.651. The van der Waals surface area contributed by atoms with Crippen LogP contribution in [0, 0.1) is 6.42 Å². The van der Waals surface area contributed by atoms with Crippen molar-refractivity contribution >= 4 is 11.6 Å². The van der Waals surface area contributed by atoms with Crippen LogP contribution >= 0.6 is 11.6 Å². The molecule has 1 unspecified atom stereocenters. The van der Waals surface area contributed by atoms with Gasteiger partial charge < -0.3 is 0 Å². The van der Waals surface area contributed by atoms with Crippen LogP contribution in [0.5, 0.6) is 0 Å². The first-order chi connectivity index (χ1) is 5.21. The molecule has 0 bridgehead atoms. The first kappa shape index (κ1) is 7.11. The third-order valence-corrected chi connectivity index (χ3v) is 2.14. The monoisotopic (exact) mass is 169 g/mol. The molecule has 0 spiro atoms. The van der Waals surface area contributed by atoms with Crippen molar-refractivity contribution in [2.45, 2.75) is 12.1 Å². The summed E-state index contributed by atoms with van der Waals surface area (Å²) in [6.07, 6.45) is 2.19. The highest BCUT2D eigenvalue weighted by atomic mass is 35.5. The zero-order valence-corrected chi connectivity index (χ0v) is 6.61. The fraction of sp³-hybridized carbons (Fsp3) is 0.222. The Morgan fingerprint density at radius 3 is 2.27 bits per heavy atom. The van der Waals surface area contributed by atoms with E-state index in [0.29, 0.717) is 17.0 Å². The van der Waals surface area contributed by atoms with Gasteiger partial charge >= 0.3 is 0 Å². The van der Waals surface area contributed by atoms with Crippen LogP contribution < -0.4 is 0 Å². The molecule has 0 saturated heterocycles. The highest BCUT2D eigenvalue weighted by molar-refractivity contribution is 6.30. The van der Waals surface area contributed by atoms with Crippen molar-refractivity contribution < 1.29 is 4.39 Å². The van der Waals surface area contributed by atoms with Crippen molar-refractivity contribution in [2.24, 2.45) is 0 Å². The average molecular weight is 170 g/mol. The molecule has 0 heterocycles. The molecule has 1 atom stereocenters. The van der Waals surface area contributed by atoms with Crippen molar-refractivity contribution in [3.8, 4) is 0 Å². The third-order valence-electron chi connectivity index (χ3n) is 1.89. The highest BCUT2D eigenvalue weighted by Gasteiger charge is 2.45. The van der Waals surface area contributed by atoms with Gasteiger partial charge in [0.15, 0.2) is 0 Å². The smallest absolute Gasteiger partial charge is 0.139 e. The van der Waals surface area contributed by atoms with Crippen LogP contribution in [0.4, 0.5) is 4.39 Å². The molecule has 0 nitrogen and oxygen atoms in total. The molecule has 1 fully saturated rings. The Balaban J connectivity index is 2.33. The minimum atomic E-state index is -1.15. The number of halogens is 2. The summed E-state index contributed by atoms with van der Waals surface area (Å²) in [5.74, 6) is 0. The van der Waals surface area contributed by atoms with Gasteiger partial charge in [0.05, 0.1) is 0 Å². The minimum absolute atomic E-state index is 0.536. The van der Waals surface area contributed by atoms with E-state index in [2.05, 4.69) is 0 Å². The molecule has 1 aromatic rings. The van der Waals surface area contributed by atoms with Gasteiger partial charge in [-0.25, -0.2) is 4.39 Å².